The second-order valence-corrected chi connectivity index (χ2v) is 7.15. The maximum absolute atomic E-state index is 12.8. The molecule has 1 aromatic heterocycles. The summed E-state index contributed by atoms with van der Waals surface area (Å²) in [7, 11) is 0. The number of benzene rings is 1. The summed E-state index contributed by atoms with van der Waals surface area (Å²) in [6, 6.07) is 8.74. The van der Waals surface area contributed by atoms with E-state index in [1.165, 1.54) is 16.2 Å². The number of likely N-dealkylation sites (N-methyl/N-ethyl adjacent to an activating group) is 1. The SMILES string of the molecule is CCOC(=O)C1=C(COc2cccc(C)c2)N(CC)C(=O)NC1c1ccsc1. The third kappa shape index (κ3) is 4.20. The molecule has 0 fully saturated rings. The number of nitrogens with zero attached hydrogens (tertiary/aromatic N) is 1. The van der Waals surface area contributed by atoms with Gasteiger partial charge in [-0.25, -0.2) is 9.59 Å². The largest absolute Gasteiger partial charge is 0.487 e. The van der Waals surface area contributed by atoms with Gasteiger partial charge in [-0.05, 0) is 60.9 Å². The standard InChI is InChI=1S/C21H24N2O4S/c1-4-23-17(12-27-16-8-6-7-14(3)11-16)18(20(24)26-5-2)19(22-21(23)25)15-9-10-28-13-15/h6-11,13,19H,4-5,12H2,1-3H3,(H,22,25). The smallest absolute Gasteiger partial charge is 0.338 e. The Bertz CT molecular complexity index is 876. The Balaban J connectivity index is 2.02. The van der Waals surface area contributed by atoms with Crippen molar-refractivity contribution >= 4 is 23.3 Å². The molecule has 0 radical (unpaired) electrons. The first-order valence-electron chi connectivity index (χ1n) is 9.24. The van der Waals surface area contributed by atoms with Gasteiger partial charge in [-0.2, -0.15) is 11.3 Å². The minimum atomic E-state index is -0.559. The molecule has 0 spiro atoms. The maximum Gasteiger partial charge on any atom is 0.338 e. The van der Waals surface area contributed by atoms with Crippen LogP contribution in [0, 0.1) is 6.92 Å². The zero-order chi connectivity index (χ0) is 20.1. The minimum absolute atomic E-state index is 0.0967. The van der Waals surface area contributed by atoms with Gasteiger partial charge < -0.3 is 14.8 Å². The van der Waals surface area contributed by atoms with Crippen molar-refractivity contribution in [2.24, 2.45) is 0 Å². The van der Waals surface area contributed by atoms with E-state index in [1.807, 2.05) is 54.9 Å². The highest BCUT2D eigenvalue weighted by Crippen LogP contribution is 2.33. The lowest BCUT2D eigenvalue weighted by Crippen LogP contribution is -2.49. The zero-order valence-electron chi connectivity index (χ0n) is 16.2. The number of nitrogens with one attached hydrogen (secondary N) is 1. The topological polar surface area (TPSA) is 67.9 Å². The molecule has 1 aliphatic heterocycles. The van der Waals surface area contributed by atoms with E-state index in [-0.39, 0.29) is 19.2 Å². The van der Waals surface area contributed by atoms with Crippen molar-refractivity contribution in [2.75, 3.05) is 19.8 Å². The molecule has 1 aliphatic rings. The van der Waals surface area contributed by atoms with Crippen LogP contribution in [0.15, 0.2) is 52.4 Å². The summed E-state index contributed by atoms with van der Waals surface area (Å²) in [6.07, 6.45) is 0. The summed E-state index contributed by atoms with van der Waals surface area (Å²) in [5, 5.41) is 6.76. The van der Waals surface area contributed by atoms with Crippen LogP contribution in [-0.2, 0) is 9.53 Å². The summed E-state index contributed by atoms with van der Waals surface area (Å²) in [5.41, 5.74) is 2.86. The molecule has 2 aromatic rings. The van der Waals surface area contributed by atoms with Crippen LogP contribution in [0.3, 0.4) is 0 Å². The van der Waals surface area contributed by atoms with Gasteiger partial charge in [0.1, 0.15) is 12.4 Å². The first kappa shape index (κ1) is 19.9. The average Bonchev–Trinajstić information content (AvgIpc) is 3.20. The predicted octanol–water partition coefficient (Wildman–Crippen LogP) is 4.04. The van der Waals surface area contributed by atoms with Crippen molar-refractivity contribution in [3.63, 3.8) is 0 Å². The number of carbonyl (C=O) groups is 2. The van der Waals surface area contributed by atoms with Crippen molar-refractivity contribution < 1.29 is 19.1 Å². The molecule has 6 nitrogen and oxygen atoms in total. The first-order valence-corrected chi connectivity index (χ1v) is 10.2. The van der Waals surface area contributed by atoms with Gasteiger partial charge in [0.25, 0.3) is 0 Å². The Morgan fingerprint density at radius 2 is 2.11 bits per heavy atom. The van der Waals surface area contributed by atoms with Crippen molar-refractivity contribution in [1.29, 1.82) is 0 Å². The molecule has 1 unspecified atom stereocenters. The molecule has 148 valence electrons. The van der Waals surface area contributed by atoms with Gasteiger partial charge in [0.15, 0.2) is 0 Å². The van der Waals surface area contributed by atoms with E-state index < -0.39 is 12.0 Å². The fourth-order valence-electron chi connectivity index (χ4n) is 3.19. The van der Waals surface area contributed by atoms with E-state index in [4.69, 9.17) is 9.47 Å². The van der Waals surface area contributed by atoms with Crippen LogP contribution in [-0.4, -0.2) is 36.7 Å². The number of amides is 2. The number of ether oxygens (including phenoxy) is 2. The van der Waals surface area contributed by atoms with Gasteiger partial charge in [-0.15, -0.1) is 0 Å². The highest BCUT2D eigenvalue weighted by Gasteiger charge is 2.38. The Hall–Kier alpha value is -2.80. The molecule has 7 heteroatoms. The van der Waals surface area contributed by atoms with Crippen LogP contribution in [0.25, 0.3) is 0 Å². The lowest BCUT2D eigenvalue weighted by molar-refractivity contribution is -0.139. The van der Waals surface area contributed by atoms with E-state index in [1.54, 1.807) is 6.92 Å². The predicted molar refractivity (Wildman–Crippen MR) is 108 cm³/mol. The fourth-order valence-corrected chi connectivity index (χ4v) is 3.87. The summed E-state index contributed by atoms with van der Waals surface area (Å²) >= 11 is 1.51. The molecule has 1 N–H and O–H groups in total. The molecule has 28 heavy (non-hydrogen) atoms. The molecular weight excluding hydrogens is 376 g/mol. The minimum Gasteiger partial charge on any atom is -0.487 e. The molecule has 0 saturated heterocycles. The summed E-state index contributed by atoms with van der Waals surface area (Å²) in [4.78, 5) is 27.1. The van der Waals surface area contributed by atoms with Crippen LogP contribution in [0.1, 0.15) is 31.0 Å². The number of hydrogen-bond acceptors (Lipinski definition) is 5. The fraction of sp³-hybridized carbons (Fsp3) is 0.333. The van der Waals surface area contributed by atoms with Crippen LogP contribution in [0.2, 0.25) is 0 Å². The van der Waals surface area contributed by atoms with E-state index in [0.29, 0.717) is 23.6 Å². The molecule has 0 saturated carbocycles. The highest BCUT2D eigenvalue weighted by atomic mass is 32.1. The molecule has 1 atom stereocenters. The molecule has 3 rings (SSSR count). The zero-order valence-corrected chi connectivity index (χ0v) is 17.0. The number of rotatable bonds is 7. The lowest BCUT2D eigenvalue weighted by atomic mass is 9.96. The van der Waals surface area contributed by atoms with Crippen molar-refractivity contribution in [2.45, 2.75) is 26.8 Å². The Kier molecular flexibility index (Phi) is 6.36. The second kappa shape index (κ2) is 8.93. The Labute approximate surface area is 168 Å². The van der Waals surface area contributed by atoms with Crippen molar-refractivity contribution in [1.82, 2.24) is 10.2 Å². The van der Waals surface area contributed by atoms with Crippen molar-refractivity contribution in [3.8, 4) is 5.75 Å². The van der Waals surface area contributed by atoms with Crippen LogP contribution < -0.4 is 10.1 Å². The van der Waals surface area contributed by atoms with Crippen molar-refractivity contribution in [3.05, 3.63) is 63.5 Å². The van der Waals surface area contributed by atoms with Gasteiger partial charge in [-0.1, -0.05) is 12.1 Å². The number of urea groups is 1. The molecular formula is C21H24N2O4S. The number of hydrogen-bond donors (Lipinski definition) is 1. The number of aryl methyl sites for hydroxylation is 1. The van der Waals surface area contributed by atoms with Gasteiger partial charge >= 0.3 is 12.0 Å². The van der Waals surface area contributed by atoms with Crippen LogP contribution >= 0.6 is 11.3 Å². The quantitative estimate of drug-likeness (QED) is 0.713. The maximum atomic E-state index is 12.8. The van der Waals surface area contributed by atoms with E-state index >= 15 is 0 Å². The Morgan fingerprint density at radius 3 is 2.75 bits per heavy atom. The third-order valence-electron chi connectivity index (χ3n) is 4.49. The average molecular weight is 401 g/mol. The normalized spacial score (nSPS) is 16.8. The summed E-state index contributed by atoms with van der Waals surface area (Å²) < 4.78 is 11.3. The molecule has 1 aromatic carbocycles. The molecule has 0 aliphatic carbocycles. The van der Waals surface area contributed by atoms with Crippen LogP contribution in [0.4, 0.5) is 4.79 Å². The number of thiophene rings is 1. The van der Waals surface area contributed by atoms with Gasteiger partial charge in [0, 0.05) is 6.54 Å². The lowest BCUT2D eigenvalue weighted by Gasteiger charge is -2.35. The van der Waals surface area contributed by atoms with Gasteiger partial charge in [0.05, 0.1) is 23.9 Å². The highest BCUT2D eigenvalue weighted by molar-refractivity contribution is 7.08. The summed E-state index contributed by atoms with van der Waals surface area (Å²) in [5.74, 6) is 0.241. The molecule has 2 heterocycles. The first-order chi connectivity index (χ1) is 13.5. The number of carbonyl (C=O) groups excluding carboxylic acids is 2. The van der Waals surface area contributed by atoms with Gasteiger partial charge in [0.2, 0.25) is 0 Å². The summed E-state index contributed by atoms with van der Waals surface area (Å²) in [6.45, 7) is 6.37. The third-order valence-corrected chi connectivity index (χ3v) is 5.19. The van der Waals surface area contributed by atoms with Crippen LogP contribution in [0.5, 0.6) is 5.75 Å². The monoisotopic (exact) mass is 400 g/mol. The Morgan fingerprint density at radius 1 is 1.29 bits per heavy atom. The van der Waals surface area contributed by atoms with E-state index in [2.05, 4.69) is 5.32 Å². The van der Waals surface area contributed by atoms with E-state index in [9.17, 15) is 9.59 Å². The molecule has 2 amide bonds. The molecule has 0 bridgehead atoms. The van der Waals surface area contributed by atoms with E-state index in [0.717, 1.165) is 11.1 Å². The van der Waals surface area contributed by atoms with Gasteiger partial charge in [-0.3, -0.25) is 4.90 Å². The second-order valence-electron chi connectivity index (χ2n) is 6.37. The number of esters is 1.